The number of hydrogen-bond donors (Lipinski definition) is 0. The van der Waals surface area contributed by atoms with Crippen LogP contribution in [-0.2, 0) is 32.2 Å². The molecule has 0 bridgehead atoms. The van der Waals surface area contributed by atoms with Crippen LogP contribution in [0.2, 0.25) is 0 Å². The first-order chi connectivity index (χ1) is 14.8. The number of benzene rings is 3. The number of carbonyl (C=O) groups excluding carboxylic acids is 1. The Bertz CT molecular complexity index is 865. The van der Waals surface area contributed by atoms with Crippen LogP contribution in [0.4, 0.5) is 0 Å². The molecule has 0 N–H and O–H groups in total. The molecule has 3 rings (SSSR count). The third kappa shape index (κ3) is 6.83. The van der Waals surface area contributed by atoms with Crippen molar-refractivity contribution in [1.29, 1.82) is 0 Å². The van der Waals surface area contributed by atoms with Crippen molar-refractivity contribution in [2.24, 2.45) is 0 Å². The molecule has 0 saturated carbocycles. The normalized spacial score (nSPS) is 12.8. The summed E-state index contributed by atoms with van der Waals surface area (Å²) in [6.07, 6.45) is -0.0651. The standard InChI is InChI=1S/C26H28O4/c1-28-26(27)17-24(23-15-9-4-10-16-23)25(30-19-22-13-7-3-8-14-22)20-29-18-21-11-5-2-6-12-21/h2-16,24-25H,17-20H2,1H3/t24-,25-/m1/s1. The molecule has 0 aliphatic rings. The van der Waals surface area contributed by atoms with Crippen molar-refractivity contribution in [3.63, 3.8) is 0 Å². The Balaban J connectivity index is 1.75. The average molecular weight is 405 g/mol. The molecular formula is C26H28O4. The third-order valence-electron chi connectivity index (χ3n) is 4.99. The van der Waals surface area contributed by atoms with Crippen molar-refractivity contribution in [2.75, 3.05) is 13.7 Å². The summed E-state index contributed by atoms with van der Waals surface area (Å²) in [5.74, 6) is -0.432. The number of carbonyl (C=O) groups is 1. The summed E-state index contributed by atoms with van der Waals surface area (Å²) in [6, 6.07) is 30.0. The van der Waals surface area contributed by atoms with Crippen LogP contribution in [0.3, 0.4) is 0 Å². The van der Waals surface area contributed by atoms with E-state index in [9.17, 15) is 4.79 Å². The van der Waals surface area contributed by atoms with Crippen LogP contribution < -0.4 is 0 Å². The minimum absolute atomic E-state index is 0.168. The monoisotopic (exact) mass is 404 g/mol. The Kier molecular flexibility index (Phi) is 8.63. The van der Waals surface area contributed by atoms with E-state index in [4.69, 9.17) is 14.2 Å². The maximum Gasteiger partial charge on any atom is 0.306 e. The highest BCUT2D eigenvalue weighted by Crippen LogP contribution is 2.27. The van der Waals surface area contributed by atoms with Gasteiger partial charge in [-0.2, -0.15) is 0 Å². The molecule has 0 radical (unpaired) electrons. The van der Waals surface area contributed by atoms with Gasteiger partial charge < -0.3 is 14.2 Å². The molecule has 0 amide bonds. The Morgan fingerprint density at radius 1 is 0.767 bits per heavy atom. The van der Waals surface area contributed by atoms with E-state index in [2.05, 4.69) is 0 Å². The van der Waals surface area contributed by atoms with Crippen LogP contribution >= 0.6 is 0 Å². The van der Waals surface area contributed by atoms with Crippen LogP contribution in [0.15, 0.2) is 91.0 Å². The Morgan fingerprint density at radius 3 is 1.87 bits per heavy atom. The lowest BCUT2D eigenvalue weighted by Gasteiger charge is -2.27. The lowest BCUT2D eigenvalue weighted by Crippen LogP contribution is -2.30. The van der Waals surface area contributed by atoms with Crippen LogP contribution in [0.1, 0.15) is 29.0 Å². The molecule has 0 unspecified atom stereocenters. The average Bonchev–Trinajstić information content (AvgIpc) is 2.81. The van der Waals surface area contributed by atoms with E-state index in [1.807, 2.05) is 91.0 Å². The number of esters is 1. The van der Waals surface area contributed by atoms with Gasteiger partial charge in [-0.3, -0.25) is 4.79 Å². The topological polar surface area (TPSA) is 44.8 Å². The first kappa shape index (κ1) is 21.8. The smallest absolute Gasteiger partial charge is 0.306 e. The highest BCUT2D eigenvalue weighted by molar-refractivity contribution is 5.70. The van der Waals surface area contributed by atoms with Crippen LogP contribution in [-0.4, -0.2) is 25.8 Å². The largest absolute Gasteiger partial charge is 0.469 e. The molecule has 3 aromatic rings. The zero-order valence-corrected chi connectivity index (χ0v) is 17.3. The quantitative estimate of drug-likeness (QED) is 0.415. The highest BCUT2D eigenvalue weighted by atomic mass is 16.5. The van der Waals surface area contributed by atoms with E-state index in [0.29, 0.717) is 19.8 Å². The lowest BCUT2D eigenvalue weighted by atomic mass is 9.90. The molecule has 4 heteroatoms. The van der Waals surface area contributed by atoms with Gasteiger partial charge in [0.05, 0.1) is 39.5 Å². The Morgan fingerprint density at radius 2 is 1.30 bits per heavy atom. The van der Waals surface area contributed by atoms with E-state index in [-0.39, 0.29) is 24.4 Å². The zero-order valence-electron chi connectivity index (χ0n) is 17.3. The fourth-order valence-corrected chi connectivity index (χ4v) is 3.35. The van der Waals surface area contributed by atoms with Crippen LogP contribution in [0.5, 0.6) is 0 Å². The van der Waals surface area contributed by atoms with E-state index in [1.54, 1.807) is 0 Å². The number of ether oxygens (including phenoxy) is 3. The first-order valence-corrected chi connectivity index (χ1v) is 10.1. The SMILES string of the molecule is COC(=O)C[C@H](c1ccccc1)[C@@H](COCc1ccccc1)OCc1ccccc1. The number of methoxy groups -OCH3 is 1. The Hall–Kier alpha value is -2.95. The number of rotatable bonds is 11. The molecule has 0 saturated heterocycles. The molecule has 0 aromatic heterocycles. The summed E-state index contributed by atoms with van der Waals surface area (Å²) in [7, 11) is 1.41. The fraction of sp³-hybridized carbons (Fsp3) is 0.269. The second kappa shape index (κ2) is 11.9. The van der Waals surface area contributed by atoms with Gasteiger partial charge in [0.25, 0.3) is 0 Å². The number of hydrogen-bond acceptors (Lipinski definition) is 4. The van der Waals surface area contributed by atoms with Gasteiger partial charge in [-0.05, 0) is 16.7 Å². The van der Waals surface area contributed by atoms with Gasteiger partial charge in [-0.25, -0.2) is 0 Å². The van der Waals surface area contributed by atoms with Crippen LogP contribution in [0, 0.1) is 0 Å². The van der Waals surface area contributed by atoms with Crippen molar-refractivity contribution in [2.45, 2.75) is 31.7 Å². The van der Waals surface area contributed by atoms with Gasteiger partial charge in [0, 0.05) is 5.92 Å². The third-order valence-corrected chi connectivity index (χ3v) is 4.99. The van der Waals surface area contributed by atoms with Crippen molar-refractivity contribution in [3.05, 3.63) is 108 Å². The summed E-state index contributed by atoms with van der Waals surface area (Å²) in [4.78, 5) is 12.2. The van der Waals surface area contributed by atoms with E-state index in [1.165, 1.54) is 7.11 Å². The predicted octanol–water partition coefficient (Wildman–Crippen LogP) is 5.14. The van der Waals surface area contributed by atoms with E-state index < -0.39 is 0 Å². The van der Waals surface area contributed by atoms with Gasteiger partial charge in [0.2, 0.25) is 0 Å². The van der Waals surface area contributed by atoms with Crippen molar-refractivity contribution >= 4 is 5.97 Å². The molecule has 3 aromatic carbocycles. The minimum atomic E-state index is -0.296. The van der Waals surface area contributed by atoms with E-state index in [0.717, 1.165) is 16.7 Å². The summed E-state index contributed by atoms with van der Waals surface area (Å²) in [6.45, 7) is 1.31. The van der Waals surface area contributed by atoms with Gasteiger partial charge in [-0.1, -0.05) is 91.0 Å². The van der Waals surface area contributed by atoms with Gasteiger partial charge in [0.1, 0.15) is 0 Å². The first-order valence-electron chi connectivity index (χ1n) is 10.1. The van der Waals surface area contributed by atoms with Crippen molar-refractivity contribution in [1.82, 2.24) is 0 Å². The summed E-state index contributed by atoms with van der Waals surface area (Å²) >= 11 is 0. The predicted molar refractivity (Wildman–Crippen MR) is 117 cm³/mol. The molecular weight excluding hydrogens is 376 g/mol. The van der Waals surface area contributed by atoms with Crippen molar-refractivity contribution in [3.8, 4) is 0 Å². The molecule has 0 heterocycles. The molecule has 4 nitrogen and oxygen atoms in total. The van der Waals surface area contributed by atoms with Crippen LogP contribution in [0.25, 0.3) is 0 Å². The molecule has 0 aliphatic carbocycles. The second-order valence-electron chi connectivity index (χ2n) is 7.13. The summed E-state index contributed by atoms with van der Waals surface area (Å²) in [5, 5.41) is 0. The van der Waals surface area contributed by atoms with Gasteiger partial charge in [0.15, 0.2) is 0 Å². The Labute approximate surface area is 178 Å². The lowest BCUT2D eigenvalue weighted by molar-refractivity contribution is -0.142. The fourth-order valence-electron chi connectivity index (χ4n) is 3.35. The minimum Gasteiger partial charge on any atom is -0.469 e. The molecule has 0 aliphatic heterocycles. The van der Waals surface area contributed by atoms with Crippen molar-refractivity contribution < 1.29 is 19.0 Å². The maximum absolute atomic E-state index is 12.2. The van der Waals surface area contributed by atoms with Gasteiger partial charge in [-0.15, -0.1) is 0 Å². The second-order valence-corrected chi connectivity index (χ2v) is 7.13. The van der Waals surface area contributed by atoms with Gasteiger partial charge >= 0.3 is 5.97 Å². The maximum atomic E-state index is 12.2. The van der Waals surface area contributed by atoms with E-state index >= 15 is 0 Å². The molecule has 2 atom stereocenters. The highest BCUT2D eigenvalue weighted by Gasteiger charge is 2.27. The summed E-state index contributed by atoms with van der Waals surface area (Å²) < 4.78 is 17.3. The molecule has 30 heavy (non-hydrogen) atoms. The summed E-state index contributed by atoms with van der Waals surface area (Å²) in [5.41, 5.74) is 3.21. The molecule has 156 valence electrons. The molecule has 0 fully saturated rings. The molecule has 0 spiro atoms. The zero-order chi connectivity index (χ0) is 21.0.